The molecule has 0 radical (unpaired) electrons. The summed E-state index contributed by atoms with van der Waals surface area (Å²) >= 11 is 6.71. The summed E-state index contributed by atoms with van der Waals surface area (Å²) in [6.45, 7) is 5.40. The number of nitrogens with zero attached hydrogens (tertiary/aromatic N) is 1. The Kier molecular flexibility index (Phi) is 11.4. The van der Waals surface area contributed by atoms with E-state index in [1.807, 2.05) is 19.1 Å². The van der Waals surface area contributed by atoms with Crippen molar-refractivity contribution >= 4 is 45.2 Å². The summed E-state index contributed by atoms with van der Waals surface area (Å²) in [5, 5.41) is 14.4. The normalized spacial score (nSPS) is 33.3. The van der Waals surface area contributed by atoms with Gasteiger partial charge in [0.05, 0.1) is 19.2 Å². The topological polar surface area (TPSA) is 150 Å². The summed E-state index contributed by atoms with van der Waals surface area (Å²) in [4.78, 5) is 41.2. The van der Waals surface area contributed by atoms with Crippen LogP contribution >= 0.6 is 11.6 Å². The predicted octanol–water partition coefficient (Wildman–Crippen LogP) is 3.87. The van der Waals surface area contributed by atoms with E-state index in [9.17, 15) is 23.7 Å². The molecule has 0 aliphatic carbocycles. The highest BCUT2D eigenvalue weighted by atomic mass is 35.5. The highest BCUT2D eigenvalue weighted by Gasteiger charge is 2.63. The number of allylic oxidation sites excluding steroid dienone is 3. The smallest absolute Gasteiger partial charge is 0.409 e. The van der Waals surface area contributed by atoms with Crippen LogP contribution in [-0.2, 0) is 44.9 Å². The Morgan fingerprint density at radius 2 is 1.90 bits per heavy atom. The number of fused-ring (bicyclic) bond motifs is 6. The summed E-state index contributed by atoms with van der Waals surface area (Å²) in [6.07, 6.45) is 5.65. The first kappa shape index (κ1) is 37.8. The van der Waals surface area contributed by atoms with Crippen LogP contribution in [0.1, 0.15) is 58.4 Å². The third kappa shape index (κ3) is 8.60. The second-order valence-corrected chi connectivity index (χ2v) is 17.9. The number of nitrogens with one attached hydrogen (secondary N) is 1. The van der Waals surface area contributed by atoms with E-state index in [-0.39, 0.29) is 30.7 Å². The average Bonchev–Trinajstić information content (AvgIpc) is 2.96. The largest absolute Gasteiger partial charge is 0.495 e. The van der Waals surface area contributed by atoms with Gasteiger partial charge in [0.1, 0.15) is 40.3 Å². The molecular weight excluding hydrogens is 664 g/mol. The molecule has 4 aliphatic heterocycles. The number of esters is 1. The molecule has 6 bridgehead atoms. The van der Waals surface area contributed by atoms with Crippen molar-refractivity contribution in [3.8, 4) is 5.75 Å². The number of thiol groups is 1. The lowest BCUT2D eigenvalue weighted by Crippen LogP contribution is -2.72. The molecule has 14 heteroatoms. The number of carbonyl (C=O) groups excluding carboxylic acids is 3. The molecule has 48 heavy (non-hydrogen) atoms. The fourth-order valence-corrected chi connectivity index (χ4v) is 7.95. The standard InChI is InChI=1S/C34H49ClN2O10S/c1-21-11-9-12-25(44-6)34(41)19-27(46-31(40)36-34)33(3)20-32(2,47-33)26(45-29(39)13-10-14-48(7,8)42)18-28(38)37(4)23-16-22(15-21)17-24(43-5)30(23)35/h9,11-12,16-17,25-27,41,48H,10,13-15,18-20H2,1-8H3,(H,36,40)/b12-9+,21-11+/t25-,26+,27+,32-,33?,34+/m1/s1. The van der Waals surface area contributed by atoms with E-state index in [0.717, 1.165) is 11.1 Å². The maximum atomic E-state index is 13.9. The zero-order valence-corrected chi connectivity index (χ0v) is 30.6. The molecule has 1 unspecified atom stereocenters. The summed E-state index contributed by atoms with van der Waals surface area (Å²) < 4.78 is 41.4. The number of halogens is 1. The number of rotatable bonds is 7. The second kappa shape index (κ2) is 14.5. The van der Waals surface area contributed by atoms with E-state index >= 15 is 0 Å². The number of ether oxygens (including phenoxy) is 5. The van der Waals surface area contributed by atoms with Crippen LogP contribution in [0.5, 0.6) is 5.75 Å². The number of benzene rings is 1. The number of hydrogen-bond acceptors (Lipinski definition) is 10. The molecule has 5 rings (SSSR count). The predicted molar refractivity (Wildman–Crippen MR) is 184 cm³/mol. The van der Waals surface area contributed by atoms with Crippen LogP contribution in [0.4, 0.5) is 10.5 Å². The van der Waals surface area contributed by atoms with Gasteiger partial charge in [0, 0.05) is 39.2 Å². The van der Waals surface area contributed by atoms with E-state index < -0.39 is 63.1 Å². The number of amides is 2. The Morgan fingerprint density at radius 3 is 2.52 bits per heavy atom. The molecule has 12 nitrogen and oxygen atoms in total. The third-order valence-corrected chi connectivity index (χ3v) is 11.0. The quantitative estimate of drug-likeness (QED) is 0.281. The zero-order valence-electron chi connectivity index (χ0n) is 29.0. The van der Waals surface area contributed by atoms with Gasteiger partial charge >= 0.3 is 12.1 Å². The van der Waals surface area contributed by atoms with Crippen molar-refractivity contribution in [2.75, 3.05) is 44.4 Å². The number of alkyl carbamates (subject to hydrolysis) is 1. The second-order valence-electron chi connectivity index (χ2n) is 14.0. The number of carbonyl (C=O) groups is 3. The molecule has 2 N–H and O–H groups in total. The van der Waals surface area contributed by atoms with Gasteiger partial charge in [-0.25, -0.2) is 4.79 Å². The van der Waals surface area contributed by atoms with Crippen molar-refractivity contribution in [1.29, 1.82) is 0 Å². The summed E-state index contributed by atoms with van der Waals surface area (Å²) in [5.74, 6) is -0.174. The van der Waals surface area contributed by atoms with Gasteiger partial charge < -0.3 is 33.7 Å². The molecule has 2 fully saturated rings. The number of aliphatic hydroxyl groups is 1. The van der Waals surface area contributed by atoms with Gasteiger partial charge in [-0.2, -0.15) is 0 Å². The van der Waals surface area contributed by atoms with Crippen molar-refractivity contribution in [3.05, 3.63) is 46.5 Å². The van der Waals surface area contributed by atoms with Crippen molar-refractivity contribution < 1.29 is 47.4 Å². The van der Waals surface area contributed by atoms with Gasteiger partial charge in [-0.3, -0.25) is 19.1 Å². The summed E-state index contributed by atoms with van der Waals surface area (Å²) in [5.41, 5.74) is -1.90. The van der Waals surface area contributed by atoms with E-state index in [2.05, 4.69) is 5.32 Å². The summed E-state index contributed by atoms with van der Waals surface area (Å²) in [6, 6.07) is 3.61. The molecule has 2 saturated heterocycles. The van der Waals surface area contributed by atoms with Crippen LogP contribution in [0.3, 0.4) is 0 Å². The highest BCUT2D eigenvalue weighted by molar-refractivity contribution is 8.01. The molecule has 1 aromatic rings. The van der Waals surface area contributed by atoms with Crippen LogP contribution in [-0.4, -0.2) is 102 Å². The van der Waals surface area contributed by atoms with Crippen LogP contribution in [0.15, 0.2) is 35.9 Å². The Labute approximate surface area is 288 Å². The Hall–Kier alpha value is -2.97. The average molecular weight is 713 g/mol. The molecule has 2 amide bonds. The van der Waals surface area contributed by atoms with Gasteiger partial charge in [-0.1, -0.05) is 35.4 Å². The molecule has 6 atom stereocenters. The molecule has 0 spiro atoms. The lowest BCUT2D eigenvalue weighted by molar-refractivity contribution is -0.328. The zero-order chi connectivity index (χ0) is 35.7. The fourth-order valence-electron chi connectivity index (χ4n) is 6.72. The highest BCUT2D eigenvalue weighted by Crippen LogP contribution is 2.50. The lowest BCUT2D eigenvalue weighted by Gasteiger charge is -2.59. The van der Waals surface area contributed by atoms with Gasteiger partial charge in [0.2, 0.25) is 5.91 Å². The molecular formula is C34H49ClN2O10S. The van der Waals surface area contributed by atoms with Crippen LogP contribution in [0, 0.1) is 0 Å². The molecule has 4 aliphatic rings. The minimum atomic E-state index is -2.33. The van der Waals surface area contributed by atoms with Crippen molar-refractivity contribution in [2.24, 2.45) is 0 Å². The van der Waals surface area contributed by atoms with E-state index in [1.165, 1.54) is 19.1 Å². The Bertz CT molecular complexity index is 1520. The SMILES string of the molecule is COc1cc2cc(c1Cl)N(C)C(=O)C[C@H](OC(=O)CCC[SH](C)(C)=O)[C@@]1(C)CC(C)(O1)[C@@H]1C[C@@](O)(NC(=O)O1)[C@H](OC)/C=C/C=C(\C)C2. The summed E-state index contributed by atoms with van der Waals surface area (Å²) in [7, 11) is 2.18. The monoisotopic (exact) mass is 712 g/mol. The van der Waals surface area contributed by atoms with Gasteiger partial charge in [0.25, 0.3) is 0 Å². The first-order chi connectivity index (χ1) is 22.3. The van der Waals surface area contributed by atoms with Crippen molar-refractivity contribution in [2.45, 2.75) is 94.5 Å². The maximum Gasteiger partial charge on any atom is 0.409 e. The van der Waals surface area contributed by atoms with Crippen LogP contribution in [0.2, 0.25) is 5.02 Å². The fraction of sp³-hybridized carbons (Fsp3) is 0.618. The van der Waals surface area contributed by atoms with Crippen LogP contribution in [0.25, 0.3) is 0 Å². The Balaban J connectivity index is 1.75. The van der Waals surface area contributed by atoms with E-state index in [0.29, 0.717) is 30.0 Å². The third-order valence-electron chi connectivity index (χ3n) is 9.22. The number of methoxy groups -OCH3 is 2. The number of anilines is 1. The molecule has 0 aromatic heterocycles. The first-order valence-corrected chi connectivity index (χ1v) is 19.1. The molecule has 4 heterocycles. The van der Waals surface area contributed by atoms with Crippen molar-refractivity contribution in [3.63, 3.8) is 0 Å². The van der Waals surface area contributed by atoms with Crippen LogP contribution < -0.4 is 15.0 Å². The molecule has 1 aromatic carbocycles. The first-order valence-electron chi connectivity index (χ1n) is 16.0. The number of hydrogen-bond donors (Lipinski definition) is 3. The molecule has 268 valence electrons. The van der Waals surface area contributed by atoms with Gasteiger partial charge in [-0.15, -0.1) is 9.93 Å². The Morgan fingerprint density at radius 1 is 1.21 bits per heavy atom. The maximum absolute atomic E-state index is 13.9. The van der Waals surface area contributed by atoms with E-state index in [4.69, 9.17) is 35.3 Å². The molecule has 0 saturated carbocycles. The van der Waals surface area contributed by atoms with Gasteiger partial charge in [0.15, 0.2) is 5.72 Å². The van der Waals surface area contributed by atoms with Gasteiger partial charge in [-0.05, 0) is 63.8 Å². The van der Waals surface area contributed by atoms with Crippen molar-refractivity contribution in [1.82, 2.24) is 5.32 Å². The minimum absolute atomic E-state index is 0.0162. The lowest BCUT2D eigenvalue weighted by atomic mass is 9.72. The minimum Gasteiger partial charge on any atom is -0.495 e. The van der Waals surface area contributed by atoms with E-state index in [1.54, 1.807) is 51.6 Å².